The molecule has 3 N–H and O–H groups in total. The van der Waals surface area contributed by atoms with Gasteiger partial charge < -0.3 is 20.7 Å². The number of hydrogen-bond donors (Lipinski definition) is 2. The van der Waals surface area contributed by atoms with Gasteiger partial charge in [-0.15, -0.1) is 11.3 Å². The minimum absolute atomic E-state index is 0.00291. The molecule has 0 aliphatic carbocycles. The van der Waals surface area contributed by atoms with Gasteiger partial charge in [-0.25, -0.2) is 13.2 Å². The number of hydrogen-bond acceptors (Lipinski definition) is 9. The molecule has 0 spiro atoms. The van der Waals surface area contributed by atoms with E-state index in [4.69, 9.17) is 27.1 Å². The highest BCUT2D eigenvalue weighted by molar-refractivity contribution is 7.23. The first-order valence-electron chi connectivity index (χ1n) is 15.4. The quantitative estimate of drug-likeness (QED) is 0.269. The molecule has 2 aromatic carbocycles. The monoisotopic (exact) mass is 653 g/mol. The van der Waals surface area contributed by atoms with Crippen LogP contribution in [0.5, 0.6) is 6.01 Å². The van der Waals surface area contributed by atoms with Gasteiger partial charge in [0.25, 0.3) is 0 Å². The van der Waals surface area contributed by atoms with Crippen LogP contribution in [-0.2, 0) is 0 Å². The molecular weight excluding hydrogens is 623 g/mol. The Kier molecular flexibility index (Phi) is 7.02. The minimum Gasteiger partial charge on any atom is -0.461 e. The molecule has 4 aliphatic rings. The van der Waals surface area contributed by atoms with E-state index in [0.29, 0.717) is 30.1 Å². The van der Waals surface area contributed by atoms with E-state index < -0.39 is 23.3 Å². The fourth-order valence-electron chi connectivity index (χ4n) is 8.19. The van der Waals surface area contributed by atoms with Crippen molar-refractivity contribution in [2.24, 2.45) is 5.92 Å². The van der Waals surface area contributed by atoms with Gasteiger partial charge in [0.15, 0.2) is 5.82 Å². The van der Waals surface area contributed by atoms with Crippen molar-refractivity contribution < 1.29 is 17.9 Å². The summed E-state index contributed by atoms with van der Waals surface area (Å²) >= 11 is 7.80. The van der Waals surface area contributed by atoms with Crippen molar-refractivity contribution in [2.45, 2.75) is 49.9 Å². The van der Waals surface area contributed by atoms with Gasteiger partial charge in [-0.1, -0.05) is 17.7 Å². The second-order valence-electron chi connectivity index (χ2n) is 12.7. The third-order valence-electron chi connectivity index (χ3n) is 10.3. The summed E-state index contributed by atoms with van der Waals surface area (Å²) in [5.74, 6) is -0.300. The number of nitrogens with zero attached hydrogens (tertiary/aromatic N) is 5. The number of aromatic nitrogens is 2. The third kappa shape index (κ3) is 4.53. The van der Waals surface area contributed by atoms with E-state index in [1.165, 1.54) is 12.1 Å². The van der Waals surface area contributed by atoms with E-state index in [9.17, 15) is 14.0 Å². The van der Waals surface area contributed by atoms with Crippen molar-refractivity contribution in [1.29, 1.82) is 5.26 Å². The van der Waals surface area contributed by atoms with Gasteiger partial charge >= 0.3 is 6.01 Å². The maximum absolute atomic E-state index is 17.0. The zero-order valence-electron chi connectivity index (χ0n) is 24.4. The van der Waals surface area contributed by atoms with E-state index in [2.05, 4.69) is 20.1 Å². The molecule has 234 valence electrons. The highest BCUT2D eigenvalue weighted by Crippen LogP contribution is 2.47. The molecule has 4 fully saturated rings. The molecule has 2 aromatic heterocycles. The van der Waals surface area contributed by atoms with Gasteiger partial charge in [-0.3, -0.25) is 4.90 Å². The number of fused-ring (bicyclic) bond motifs is 4. The summed E-state index contributed by atoms with van der Waals surface area (Å²) in [5, 5.41) is 14.2. The van der Waals surface area contributed by atoms with Crippen LogP contribution in [0.3, 0.4) is 0 Å². The van der Waals surface area contributed by atoms with E-state index in [1.807, 2.05) is 6.07 Å². The Labute approximate surface area is 266 Å². The highest BCUT2D eigenvalue weighted by Gasteiger charge is 2.49. The van der Waals surface area contributed by atoms with Gasteiger partial charge in [0.2, 0.25) is 0 Å². The van der Waals surface area contributed by atoms with Gasteiger partial charge in [0.05, 0.1) is 20.8 Å². The summed E-state index contributed by atoms with van der Waals surface area (Å²) in [6.07, 6.45) is 3.13. The fourth-order valence-corrected chi connectivity index (χ4v) is 9.44. The molecule has 8 nitrogen and oxygen atoms in total. The maximum atomic E-state index is 17.0. The van der Waals surface area contributed by atoms with Crippen LogP contribution < -0.4 is 20.7 Å². The number of nitrogen functional groups attached to an aromatic ring is 1. The maximum Gasteiger partial charge on any atom is 0.319 e. The van der Waals surface area contributed by atoms with Crippen molar-refractivity contribution in [3.8, 4) is 23.2 Å². The molecule has 0 bridgehead atoms. The van der Waals surface area contributed by atoms with Crippen LogP contribution in [-0.4, -0.2) is 72.0 Å². The van der Waals surface area contributed by atoms with E-state index in [0.717, 1.165) is 63.2 Å². The number of rotatable bonds is 5. The summed E-state index contributed by atoms with van der Waals surface area (Å²) in [7, 11) is 0. The van der Waals surface area contributed by atoms with Crippen molar-refractivity contribution in [2.75, 3.05) is 50.0 Å². The first kappa shape index (κ1) is 29.1. The summed E-state index contributed by atoms with van der Waals surface area (Å²) in [4.78, 5) is 13.8. The Hall–Kier alpha value is -3.37. The molecule has 6 heterocycles. The number of benzene rings is 2. The number of ether oxygens (including phenoxy) is 1. The smallest absolute Gasteiger partial charge is 0.319 e. The normalized spacial score (nSPS) is 26.5. The first-order valence-corrected chi connectivity index (χ1v) is 16.6. The zero-order chi connectivity index (χ0) is 31.0. The molecule has 0 amide bonds. The SMILES string of the molecule is N#Cc1c(N)sc2c(F)ccc(-c3c(Cl)cc4c(N5CCC6CNCCC65)nc(OC[C@@]56CCCN5C[C@H](F)C6)nc4c3F)c12. The molecule has 4 aromatic rings. The summed E-state index contributed by atoms with van der Waals surface area (Å²) < 4.78 is 52.7. The largest absolute Gasteiger partial charge is 0.461 e. The number of alkyl halides is 1. The number of nitrogens with one attached hydrogen (secondary N) is 1. The molecule has 0 saturated carbocycles. The lowest BCUT2D eigenvalue weighted by Crippen LogP contribution is -2.44. The van der Waals surface area contributed by atoms with Gasteiger partial charge in [-0.05, 0) is 68.9 Å². The number of piperidine rings is 1. The van der Waals surface area contributed by atoms with Crippen molar-refractivity contribution in [1.82, 2.24) is 20.2 Å². The van der Waals surface area contributed by atoms with Gasteiger partial charge in [0.1, 0.15) is 41.0 Å². The van der Waals surface area contributed by atoms with Crippen molar-refractivity contribution in [3.63, 3.8) is 0 Å². The number of thiophene rings is 1. The molecule has 8 rings (SSSR count). The second kappa shape index (κ2) is 10.9. The Morgan fingerprint density at radius 3 is 2.96 bits per heavy atom. The van der Waals surface area contributed by atoms with Crippen LogP contribution in [0.1, 0.15) is 37.7 Å². The topological polar surface area (TPSA) is 103 Å². The van der Waals surface area contributed by atoms with Crippen molar-refractivity contribution in [3.05, 3.63) is 40.4 Å². The molecule has 13 heteroatoms. The Morgan fingerprint density at radius 2 is 2.11 bits per heavy atom. The molecule has 45 heavy (non-hydrogen) atoms. The summed E-state index contributed by atoms with van der Waals surface area (Å²) in [5.41, 5.74) is 5.98. The Morgan fingerprint density at radius 1 is 1.24 bits per heavy atom. The summed E-state index contributed by atoms with van der Waals surface area (Å²) in [6, 6.07) is 6.58. The highest BCUT2D eigenvalue weighted by atomic mass is 35.5. The van der Waals surface area contributed by atoms with Crippen LogP contribution in [0, 0.1) is 28.9 Å². The average molecular weight is 654 g/mol. The van der Waals surface area contributed by atoms with Crippen molar-refractivity contribution >= 4 is 54.7 Å². The van der Waals surface area contributed by atoms with E-state index in [-0.39, 0.29) is 61.0 Å². The van der Waals surface area contributed by atoms with Crippen LogP contribution in [0.4, 0.5) is 24.0 Å². The summed E-state index contributed by atoms with van der Waals surface area (Å²) in [6.45, 7) is 3.92. The van der Waals surface area contributed by atoms with Crippen LogP contribution >= 0.6 is 22.9 Å². The third-order valence-corrected chi connectivity index (χ3v) is 11.6. The number of halogens is 4. The molecule has 4 atom stereocenters. The standard InChI is InChI=1S/C32H31ClF3N7OS/c33-21-10-19-27(26(36)25(21)18-2-3-22(35)28-24(18)20(12-37)29(38)45-28)40-31(44-15-32-6-1-8-42(32)14-17(34)11-32)41-30(19)43-9-5-16-13-39-7-4-23(16)43/h2-3,10,16-17,23,39H,1,4-9,11,13-15,38H2/t16?,17-,23?,32+/m1/s1. The van der Waals surface area contributed by atoms with Gasteiger partial charge in [0, 0.05) is 41.9 Å². The zero-order valence-corrected chi connectivity index (χ0v) is 26.0. The minimum atomic E-state index is -0.914. The lowest BCUT2D eigenvalue weighted by molar-refractivity contribution is 0.107. The van der Waals surface area contributed by atoms with Gasteiger partial charge in [-0.2, -0.15) is 15.2 Å². The number of nitriles is 1. The van der Waals surface area contributed by atoms with E-state index >= 15 is 4.39 Å². The predicted molar refractivity (Wildman–Crippen MR) is 170 cm³/mol. The average Bonchev–Trinajstić information content (AvgIpc) is 3.78. The van der Waals surface area contributed by atoms with Crippen LogP contribution in [0.2, 0.25) is 5.02 Å². The molecule has 4 saturated heterocycles. The van der Waals surface area contributed by atoms with E-state index in [1.54, 1.807) is 6.07 Å². The molecular formula is C32H31ClF3N7OS. The Balaban J connectivity index is 1.30. The molecule has 2 unspecified atom stereocenters. The molecule has 4 aliphatic heterocycles. The number of anilines is 2. The lowest BCUT2D eigenvalue weighted by Gasteiger charge is -2.34. The first-order chi connectivity index (χ1) is 21.8. The Bertz CT molecular complexity index is 1900. The number of nitrogens with two attached hydrogens (primary N) is 1. The lowest BCUT2D eigenvalue weighted by atomic mass is 9.94. The predicted octanol–water partition coefficient (Wildman–Crippen LogP) is 6.04. The van der Waals surface area contributed by atoms with Crippen LogP contribution in [0.15, 0.2) is 18.2 Å². The fraction of sp³-hybridized carbons (Fsp3) is 0.469. The molecule has 0 radical (unpaired) electrons. The van der Waals surface area contributed by atoms with Crippen LogP contribution in [0.25, 0.3) is 32.1 Å². The second-order valence-corrected chi connectivity index (χ2v) is 14.2.